The van der Waals surface area contributed by atoms with Gasteiger partial charge in [0.25, 0.3) is 0 Å². The fraction of sp³-hybridized carbons (Fsp3) is 0.500. The molecule has 74 valence electrons. The lowest BCUT2D eigenvalue weighted by molar-refractivity contribution is 0.434. The molecular weight excluding hydrogens is 197 g/mol. The van der Waals surface area contributed by atoms with Gasteiger partial charge in [0.15, 0.2) is 0 Å². The lowest BCUT2D eigenvalue weighted by Crippen LogP contribution is -2.11. The van der Waals surface area contributed by atoms with E-state index in [9.17, 15) is 12.8 Å². The topological polar surface area (TPSA) is 78.0 Å². The van der Waals surface area contributed by atoms with Crippen molar-refractivity contribution in [2.24, 2.45) is 5.14 Å². The summed E-state index contributed by atoms with van der Waals surface area (Å²) in [6.45, 7) is -0.101. The molecule has 0 spiro atoms. The van der Waals surface area contributed by atoms with Crippen LogP contribution in [0.4, 0.5) is 4.39 Å². The minimum atomic E-state index is -3.68. The number of sulfonamides is 1. The number of aromatic nitrogens is 2. The minimum Gasteiger partial charge on any atom is -0.271 e. The van der Waals surface area contributed by atoms with Crippen molar-refractivity contribution < 1.29 is 12.8 Å². The van der Waals surface area contributed by atoms with Crippen LogP contribution in [-0.4, -0.2) is 24.9 Å². The predicted molar refractivity (Wildman–Crippen MR) is 44.2 cm³/mol. The maximum absolute atomic E-state index is 11.7. The van der Waals surface area contributed by atoms with Crippen LogP contribution in [0.15, 0.2) is 17.3 Å². The maximum Gasteiger partial charge on any atom is 0.241 e. The summed E-state index contributed by atoms with van der Waals surface area (Å²) in [5.74, 6) is 0. The quantitative estimate of drug-likeness (QED) is 0.748. The van der Waals surface area contributed by atoms with Gasteiger partial charge in [0.1, 0.15) is 4.90 Å². The molecule has 2 N–H and O–H groups in total. The Hall–Kier alpha value is -0.950. The van der Waals surface area contributed by atoms with Crippen molar-refractivity contribution in [3.63, 3.8) is 0 Å². The van der Waals surface area contributed by atoms with E-state index in [0.717, 1.165) is 6.20 Å². The Morgan fingerprint density at radius 1 is 1.62 bits per heavy atom. The SMILES string of the molecule is NS(=O)(=O)c1cnn(CCCF)c1. The summed E-state index contributed by atoms with van der Waals surface area (Å²) in [5.41, 5.74) is 0. The maximum atomic E-state index is 11.7. The molecule has 0 saturated heterocycles. The van der Waals surface area contributed by atoms with E-state index in [1.807, 2.05) is 0 Å². The van der Waals surface area contributed by atoms with E-state index >= 15 is 0 Å². The average Bonchev–Trinajstić information content (AvgIpc) is 2.47. The summed E-state index contributed by atoms with van der Waals surface area (Å²) in [6.07, 6.45) is 2.74. The number of halogens is 1. The molecule has 0 aliphatic carbocycles. The monoisotopic (exact) mass is 207 g/mol. The highest BCUT2D eigenvalue weighted by Crippen LogP contribution is 2.04. The second-order valence-corrected chi connectivity index (χ2v) is 4.09. The fourth-order valence-corrected chi connectivity index (χ4v) is 1.30. The molecule has 0 amide bonds. The zero-order chi connectivity index (χ0) is 9.90. The molecule has 0 radical (unpaired) electrons. The Kier molecular flexibility index (Phi) is 2.99. The largest absolute Gasteiger partial charge is 0.271 e. The zero-order valence-electron chi connectivity index (χ0n) is 6.85. The van der Waals surface area contributed by atoms with Gasteiger partial charge in [-0.3, -0.25) is 9.07 Å². The van der Waals surface area contributed by atoms with Gasteiger partial charge < -0.3 is 0 Å². The van der Waals surface area contributed by atoms with Crippen molar-refractivity contribution in [3.05, 3.63) is 12.4 Å². The first-order valence-electron chi connectivity index (χ1n) is 3.65. The van der Waals surface area contributed by atoms with Crippen LogP contribution in [0.3, 0.4) is 0 Å². The van der Waals surface area contributed by atoms with E-state index < -0.39 is 16.7 Å². The third-order valence-corrected chi connectivity index (χ3v) is 2.33. The summed E-state index contributed by atoms with van der Waals surface area (Å²) in [5, 5.41) is 8.55. The third kappa shape index (κ3) is 2.78. The van der Waals surface area contributed by atoms with E-state index in [1.54, 1.807) is 0 Å². The Labute approximate surface area is 75.4 Å². The first kappa shape index (κ1) is 10.1. The van der Waals surface area contributed by atoms with E-state index in [1.165, 1.54) is 10.9 Å². The average molecular weight is 207 g/mol. The molecule has 7 heteroatoms. The number of nitrogens with two attached hydrogens (primary N) is 1. The molecule has 0 bridgehead atoms. The van der Waals surface area contributed by atoms with E-state index in [4.69, 9.17) is 5.14 Å². The van der Waals surface area contributed by atoms with Gasteiger partial charge in [0.2, 0.25) is 10.0 Å². The van der Waals surface area contributed by atoms with Crippen molar-refractivity contribution >= 4 is 10.0 Å². The molecular formula is C6H10FN3O2S. The fourth-order valence-electron chi connectivity index (χ4n) is 0.836. The van der Waals surface area contributed by atoms with Crippen molar-refractivity contribution in [3.8, 4) is 0 Å². The minimum absolute atomic E-state index is 0.0497. The van der Waals surface area contributed by atoms with Gasteiger partial charge in [0.05, 0.1) is 12.9 Å². The smallest absolute Gasteiger partial charge is 0.241 e. The van der Waals surface area contributed by atoms with Crippen LogP contribution in [0.2, 0.25) is 0 Å². The molecule has 0 atom stereocenters. The first-order valence-corrected chi connectivity index (χ1v) is 5.20. The van der Waals surface area contributed by atoms with Crippen molar-refractivity contribution in [2.45, 2.75) is 17.9 Å². The number of nitrogens with zero attached hydrogens (tertiary/aromatic N) is 2. The van der Waals surface area contributed by atoms with Crippen LogP contribution < -0.4 is 5.14 Å². The highest BCUT2D eigenvalue weighted by atomic mass is 32.2. The highest BCUT2D eigenvalue weighted by molar-refractivity contribution is 7.89. The van der Waals surface area contributed by atoms with E-state index in [-0.39, 0.29) is 4.90 Å². The molecule has 0 aliphatic rings. The molecule has 0 unspecified atom stereocenters. The van der Waals surface area contributed by atoms with Crippen molar-refractivity contribution in [1.29, 1.82) is 0 Å². The second kappa shape index (κ2) is 3.84. The van der Waals surface area contributed by atoms with Crippen LogP contribution in [0.25, 0.3) is 0 Å². The van der Waals surface area contributed by atoms with Crippen LogP contribution in [0.5, 0.6) is 0 Å². The summed E-state index contributed by atoms with van der Waals surface area (Å²) in [4.78, 5) is -0.0497. The van der Waals surface area contributed by atoms with Gasteiger partial charge >= 0.3 is 0 Å². The van der Waals surface area contributed by atoms with Crippen LogP contribution in [0.1, 0.15) is 6.42 Å². The normalized spacial score (nSPS) is 11.8. The van der Waals surface area contributed by atoms with Crippen LogP contribution in [-0.2, 0) is 16.6 Å². The Morgan fingerprint density at radius 2 is 2.31 bits per heavy atom. The number of aryl methyl sites for hydroxylation is 1. The van der Waals surface area contributed by atoms with Gasteiger partial charge in [0, 0.05) is 12.7 Å². The zero-order valence-corrected chi connectivity index (χ0v) is 7.67. The van der Waals surface area contributed by atoms with Crippen LogP contribution in [0, 0.1) is 0 Å². The van der Waals surface area contributed by atoms with Crippen LogP contribution >= 0.6 is 0 Å². The number of hydrogen-bond donors (Lipinski definition) is 1. The summed E-state index contributed by atoms with van der Waals surface area (Å²) in [6, 6.07) is 0. The number of rotatable bonds is 4. The highest BCUT2D eigenvalue weighted by Gasteiger charge is 2.09. The Morgan fingerprint density at radius 3 is 2.77 bits per heavy atom. The lowest BCUT2D eigenvalue weighted by atomic mass is 10.5. The third-order valence-electron chi connectivity index (χ3n) is 1.46. The van der Waals surface area contributed by atoms with Gasteiger partial charge in [-0.1, -0.05) is 0 Å². The van der Waals surface area contributed by atoms with Crippen molar-refractivity contribution in [2.75, 3.05) is 6.67 Å². The second-order valence-electron chi connectivity index (χ2n) is 2.53. The molecule has 0 fully saturated rings. The van der Waals surface area contributed by atoms with Gasteiger partial charge in [-0.25, -0.2) is 13.6 Å². The molecule has 1 heterocycles. The molecule has 13 heavy (non-hydrogen) atoms. The van der Waals surface area contributed by atoms with Gasteiger partial charge in [-0.2, -0.15) is 5.10 Å². The number of alkyl halides is 1. The standard InChI is InChI=1S/C6H10FN3O2S/c7-2-1-3-10-5-6(4-9-10)13(8,11)12/h4-5H,1-3H2,(H2,8,11,12). The Bertz CT molecular complexity index is 373. The van der Waals surface area contributed by atoms with Crippen molar-refractivity contribution in [1.82, 2.24) is 9.78 Å². The molecule has 1 rings (SSSR count). The van der Waals surface area contributed by atoms with Gasteiger partial charge in [-0.15, -0.1) is 0 Å². The molecule has 0 saturated carbocycles. The Balaban J connectivity index is 2.76. The summed E-state index contributed by atoms with van der Waals surface area (Å²) in [7, 11) is -3.68. The van der Waals surface area contributed by atoms with E-state index in [2.05, 4.69) is 5.10 Å². The summed E-state index contributed by atoms with van der Waals surface area (Å²) >= 11 is 0. The van der Waals surface area contributed by atoms with Gasteiger partial charge in [-0.05, 0) is 6.42 Å². The molecule has 0 aromatic carbocycles. The number of hydrogen-bond acceptors (Lipinski definition) is 3. The number of primary sulfonamides is 1. The lowest BCUT2D eigenvalue weighted by Gasteiger charge is -1.95. The first-order chi connectivity index (χ1) is 6.04. The molecule has 0 aliphatic heterocycles. The van der Waals surface area contributed by atoms with E-state index in [0.29, 0.717) is 13.0 Å². The summed E-state index contributed by atoms with van der Waals surface area (Å²) < 4.78 is 34.6. The molecule has 1 aromatic rings. The molecule has 1 aromatic heterocycles. The predicted octanol–water partition coefficient (Wildman–Crippen LogP) is -0.110. The molecule has 5 nitrogen and oxygen atoms in total.